The number of anilines is 2. The molecular formula is C17H20N4O4S. The number of ether oxygens (including phenoxy) is 1. The fraction of sp³-hybridized carbons (Fsp3) is 0.353. The van der Waals surface area contributed by atoms with Crippen LogP contribution in [0.1, 0.15) is 30.3 Å². The minimum Gasteiger partial charge on any atom is -0.456 e. The maximum Gasteiger partial charge on any atom is 0.306 e. The highest BCUT2D eigenvalue weighted by Gasteiger charge is 2.12. The van der Waals surface area contributed by atoms with Crippen molar-refractivity contribution in [3.8, 4) is 0 Å². The number of hydrogen-bond acceptors (Lipinski definition) is 7. The molecule has 1 aromatic heterocycles. The number of amides is 2. The SMILES string of the molecule is CCc1ccc(NC(=O)COC(=O)CCC(=O)Nc2nnc(C)s2)cc1. The van der Waals surface area contributed by atoms with Crippen molar-refractivity contribution < 1.29 is 19.1 Å². The van der Waals surface area contributed by atoms with Crippen LogP contribution in [0, 0.1) is 6.92 Å². The predicted octanol–water partition coefficient (Wildman–Crippen LogP) is 2.31. The van der Waals surface area contributed by atoms with E-state index in [1.807, 2.05) is 19.1 Å². The van der Waals surface area contributed by atoms with Gasteiger partial charge in [-0.2, -0.15) is 0 Å². The van der Waals surface area contributed by atoms with Gasteiger partial charge in [0.05, 0.1) is 6.42 Å². The monoisotopic (exact) mass is 376 g/mol. The van der Waals surface area contributed by atoms with Crippen molar-refractivity contribution in [2.45, 2.75) is 33.1 Å². The van der Waals surface area contributed by atoms with Gasteiger partial charge in [-0.25, -0.2) is 0 Å². The maximum atomic E-state index is 11.8. The molecule has 2 amide bonds. The minimum absolute atomic E-state index is 0.0580. The lowest BCUT2D eigenvalue weighted by atomic mass is 10.1. The number of aromatic nitrogens is 2. The number of benzene rings is 1. The van der Waals surface area contributed by atoms with Gasteiger partial charge in [0.1, 0.15) is 5.01 Å². The van der Waals surface area contributed by atoms with Gasteiger partial charge in [-0.3, -0.25) is 14.4 Å². The van der Waals surface area contributed by atoms with Gasteiger partial charge >= 0.3 is 5.97 Å². The van der Waals surface area contributed by atoms with Crippen LogP contribution in [0.2, 0.25) is 0 Å². The number of carbonyl (C=O) groups is 3. The molecule has 2 N–H and O–H groups in total. The fourth-order valence-electron chi connectivity index (χ4n) is 1.98. The second kappa shape index (κ2) is 9.62. The molecule has 0 atom stereocenters. The van der Waals surface area contributed by atoms with Crippen LogP contribution in [-0.2, 0) is 25.5 Å². The van der Waals surface area contributed by atoms with Gasteiger partial charge in [0, 0.05) is 12.1 Å². The van der Waals surface area contributed by atoms with Gasteiger partial charge in [-0.1, -0.05) is 30.4 Å². The summed E-state index contributed by atoms with van der Waals surface area (Å²) in [5, 5.41) is 13.8. The van der Waals surface area contributed by atoms with E-state index in [0.29, 0.717) is 10.8 Å². The molecule has 1 heterocycles. The van der Waals surface area contributed by atoms with Crippen molar-refractivity contribution >= 4 is 39.9 Å². The summed E-state index contributed by atoms with van der Waals surface area (Å²) in [6, 6.07) is 7.41. The van der Waals surface area contributed by atoms with Crippen molar-refractivity contribution in [2.75, 3.05) is 17.2 Å². The lowest BCUT2D eigenvalue weighted by Gasteiger charge is -2.07. The number of aryl methyl sites for hydroxylation is 2. The fourth-order valence-corrected chi connectivity index (χ4v) is 2.59. The van der Waals surface area contributed by atoms with Crippen molar-refractivity contribution in [1.82, 2.24) is 10.2 Å². The van der Waals surface area contributed by atoms with Crippen molar-refractivity contribution in [3.05, 3.63) is 34.8 Å². The molecule has 0 fully saturated rings. The Morgan fingerprint density at radius 1 is 1.04 bits per heavy atom. The van der Waals surface area contributed by atoms with Crippen LogP contribution in [0.5, 0.6) is 0 Å². The molecule has 0 saturated carbocycles. The molecule has 9 heteroatoms. The summed E-state index contributed by atoms with van der Waals surface area (Å²) >= 11 is 1.24. The Morgan fingerprint density at radius 2 is 1.77 bits per heavy atom. The highest BCUT2D eigenvalue weighted by Crippen LogP contribution is 2.14. The Labute approximate surface area is 155 Å². The summed E-state index contributed by atoms with van der Waals surface area (Å²) in [6.45, 7) is 3.42. The van der Waals surface area contributed by atoms with Crippen LogP contribution in [0.3, 0.4) is 0 Å². The molecule has 0 radical (unpaired) electrons. The van der Waals surface area contributed by atoms with E-state index >= 15 is 0 Å². The lowest BCUT2D eigenvalue weighted by molar-refractivity contribution is -0.147. The Kier molecular flexibility index (Phi) is 7.22. The predicted molar refractivity (Wildman–Crippen MR) is 97.9 cm³/mol. The summed E-state index contributed by atoms with van der Waals surface area (Å²) in [6.07, 6.45) is 0.734. The molecule has 26 heavy (non-hydrogen) atoms. The largest absolute Gasteiger partial charge is 0.456 e. The Morgan fingerprint density at radius 3 is 2.38 bits per heavy atom. The molecule has 0 aliphatic heterocycles. The molecular weight excluding hydrogens is 356 g/mol. The van der Waals surface area contributed by atoms with Gasteiger partial charge in [-0.05, 0) is 31.0 Å². The topological polar surface area (TPSA) is 110 Å². The van der Waals surface area contributed by atoms with Gasteiger partial charge in [0.25, 0.3) is 5.91 Å². The minimum atomic E-state index is -0.620. The molecule has 1 aromatic carbocycles. The molecule has 0 spiro atoms. The molecule has 0 saturated heterocycles. The van der Waals surface area contributed by atoms with Crippen molar-refractivity contribution in [1.29, 1.82) is 0 Å². The van der Waals surface area contributed by atoms with Gasteiger partial charge in [-0.15, -0.1) is 10.2 Å². The number of carbonyl (C=O) groups excluding carboxylic acids is 3. The number of esters is 1. The summed E-state index contributed by atoms with van der Waals surface area (Å²) in [5.41, 5.74) is 1.80. The molecule has 0 aliphatic carbocycles. The summed E-state index contributed by atoms with van der Waals surface area (Å²) in [4.78, 5) is 35.1. The van der Waals surface area contributed by atoms with E-state index < -0.39 is 18.5 Å². The molecule has 0 bridgehead atoms. The average Bonchev–Trinajstić information content (AvgIpc) is 3.03. The van der Waals surface area contributed by atoms with E-state index in [4.69, 9.17) is 4.74 Å². The average molecular weight is 376 g/mol. The lowest BCUT2D eigenvalue weighted by Crippen LogP contribution is -2.21. The van der Waals surface area contributed by atoms with Crippen LogP contribution in [0.4, 0.5) is 10.8 Å². The summed E-state index contributed by atoms with van der Waals surface area (Å²) in [7, 11) is 0. The zero-order valence-corrected chi connectivity index (χ0v) is 15.4. The third kappa shape index (κ3) is 6.60. The van der Waals surface area contributed by atoms with E-state index in [1.165, 1.54) is 11.3 Å². The third-order valence-corrected chi connectivity index (χ3v) is 4.09. The Hall–Kier alpha value is -2.81. The highest BCUT2D eigenvalue weighted by molar-refractivity contribution is 7.15. The number of nitrogens with one attached hydrogen (secondary N) is 2. The third-order valence-electron chi connectivity index (χ3n) is 3.34. The van der Waals surface area contributed by atoms with Crippen molar-refractivity contribution in [2.24, 2.45) is 0 Å². The summed E-state index contributed by atoms with van der Waals surface area (Å²) in [5.74, 6) is -1.42. The van der Waals surface area contributed by atoms with E-state index in [0.717, 1.165) is 17.0 Å². The quantitative estimate of drug-likeness (QED) is 0.684. The van der Waals surface area contributed by atoms with E-state index in [9.17, 15) is 14.4 Å². The van der Waals surface area contributed by atoms with Crippen LogP contribution < -0.4 is 10.6 Å². The van der Waals surface area contributed by atoms with Gasteiger partial charge in [0.2, 0.25) is 11.0 Å². The molecule has 8 nitrogen and oxygen atoms in total. The first kappa shape index (κ1) is 19.5. The van der Waals surface area contributed by atoms with Crippen LogP contribution in [0.15, 0.2) is 24.3 Å². The first-order valence-corrected chi connectivity index (χ1v) is 8.92. The zero-order valence-electron chi connectivity index (χ0n) is 14.6. The van der Waals surface area contributed by atoms with Gasteiger partial charge in [0.15, 0.2) is 6.61 Å². The Bertz CT molecular complexity index is 773. The number of rotatable bonds is 8. The van der Waals surface area contributed by atoms with E-state index in [-0.39, 0.29) is 18.7 Å². The second-order valence-corrected chi connectivity index (χ2v) is 6.62. The maximum absolute atomic E-state index is 11.8. The zero-order chi connectivity index (χ0) is 18.9. The van der Waals surface area contributed by atoms with Crippen LogP contribution in [-0.4, -0.2) is 34.6 Å². The second-order valence-electron chi connectivity index (χ2n) is 5.43. The van der Waals surface area contributed by atoms with Crippen LogP contribution in [0.25, 0.3) is 0 Å². The highest BCUT2D eigenvalue weighted by atomic mass is 32.1. The molecule has 2 aromatic rings. The first-order chi connectivity index (χ1) is 12.5. The normalized spacial score (nSPS) is 10.2. The summed E-state index contributed by atoms with van der Waals surface area (Å²) < 4.78 is 4.87. The van der Waals surface area contributed by atoms with Gasteiger partial charge < -0.3 is 15.4 Å². The molecule has 138 valence electrons. The van der Waals surface area contributed by atoms with E-state index in [2.05, 4.69) is 20.8 Å². The molecule has 0 aliphatic rings. The van der Waals surface area contributed by atoms with Crippen molar-refractivity contribution in [3.63, 3.8) is 0 Å². The molecule has 0 unspecified atom stereocenters. The first-order valence-electron chi connectivity index (χ1n) is 8.10. The smallest absolute Gasteiger partial charge is 0.306 e. The van der Waals surface area contributed by atoms with Crippen LogP contribution >= 0.6 is 11.3 Å². The molecule has 2 rings (SSSR count). The van der Waals surface area contributed by atoms with E-state index in [1.54, 1.807) is 19.1 Å². The number of hydrogen-bond donors (Lipinski definition) is 2. The Balaban J connectivity index is 1.65. The number of nitrogens with zero attached hydrogens (tertiary/aromatic N) is 2. The standard InChI is InChI=1S/C17H20N4O4S/c1-3-12-4-6-13(7-5-12)18-15(23)10-25-16(24)9-8-14(22)19-17-21-20-11(2)26-17/h4-7H,3,8-10H2,1-2H3,(H,18,23)(H,19,21,22).